The van der Waals surface area contributed by atoms with Crippen molar-refractivity contribution in [2.45, 2.75) is 38.6 Å². The summed E-state index contributed by atoms with van der Waals surface area (Å²) in [6, 6.07) is 8.79. The topological polar surface area (TPSA) is 45.0 Å². The van der Waals surface area contributed by atoms with E-state index >= 15 is 0 Å². The maximum absolute atomic E-state index is 9.17. The Bertz CT molecular complexity index is 450. The monoisotopic (exact) mass is 244 g/mol. The van der Waals surface area contributed by atoms with Gasteiger partial charge in [-0.25, -0.2) is 0 Å². The molecule has 3 heteroatoms. The fourth-order valence-electron chi connectivity index (χ4n) is 2.64. The first kappa shape index (κ1) is 12.8. The van der Waals surface area contributed by atoms with Gasteiger partial charge >= 0.3 is 0 Å². The molecule has 1 aromatic rings. The minimum atomic E-state index is 0.140. The zero-order chi connectivity index (χ0) is 13.0. The Kier molecular flexibility index (Phi) is 4.09. The highest BCUT2D eigenvalue weighted by Crippen LogP contribution is 2.28. The molecular formula is C15H20N2O. The molecule has 0 bridgehead atoms. The van der Waals surface area contributed by atoms with Crippen molar-refractivity contribution >= 4 is 5.69 Å². The summed E-state index contributed by atoms with van der Waals surface area (Å²) in [6.45, 7) is 2.03. The average molecular weight is 244 g/mol. The minimum Gasteiger partial charge on any atom is -0.496 e. The van der Waals surface area contributed by atoms with Crippen molar-refractivity contribution in [1.29, 1.82) is 5.26 Å². The summed E-state index contributed by atoms with van der Waals surface area (Å²) < 4.78 is 5.25. The van der Waals surface area contributed by atoms with E-state index in [1.165, 1.54) is 12.8 Å². The van der Waals surface area contributed by atoms with Crippen LogP contribution >= 0.6 is 0 Å². The largest absolute Gasteiger partial charge is 0.496 e. The Morgan fingerprint density at radius 3 is 2.78 bits per heavy atom. The molecule has 2 rings (SSSR count). The molecule has 1 fully saturated rings. The maximum Gasteiger partial charge on any atom is 0.121 e. The van der Waals surface area contributed by atoms with Gasteiger partial charge in [-0.3, -0.25) is 0 Å². The molecule has 2 unspecified atom stereocenters. The fraction of sp³-hybridized carbons (Fsp3) is 0.533. The van der Waals surface area contributed by atoms with Gasteiger partial charge < -0.3 is 10.1 Å². The van der Waals surface area contributed by atoms with Gasteiger partial charge in [0.2, 0.25) is 0 Å². The first-order chi connectivity index (χ1) is 8.74. The van der Waals surface area contributed by atoms with Crippen LogP contribution in [0.4, 0.5) is 5.69 Å². The second-order valence-corrected chi connectivity index (χ2v) is 4.96. The summed E-state index contributed by atoms with van der Waals surface area (Å²) in [5, 5.41) is 12.7. The van der Waals surface area contributed by atoms with Gasteiger partial charge in [0.05, 0.1) is 19.1 Å². The molecule has 0 amide bonds. The summed E-state index contributed by atoms with van der Waals surface area (Å²) in [6.07, 6.45) is 4.50. The number of rotatable bonds is 3. The molecular weight excluding hydrogens is 224 g/mol. The van der Waals surface area contributed by atoms with Gasteiger partial charge in [0.25, 0.3) is 0 Å². The third-order valence-corrected chi connectivity index (χ3v) is 3.68. The molecule has 3 nitrogen and oxygen atoms in total. The van der Waals surface area contributed by atoms with E-state index in [2.05, 4.69) is 17.5 Å². The van der Waals surface area contributed by atoms with E-state index in [9.17, 15) is 0 Å². The number of nitrogens with zero attached hydrogens (tertiary/aromatic N) is 1. The molecule has 1 aliphatic carbocycles. The Balaban J connectivity index is 2.08. The summed E-state index contributed by atoms with van der Waals surface area (Å²) >= 11 is 0. The molecule has 0 radical (unpaired) electrons. The third-order valence-electron chi connectivity index (χ3n) is 3.68. The molecule has 1 saturated carbocycles. The quantitative estimate of drug-likeness (QED) is 0.885. The van der Waals surface area contributed by atoms with E-state index in [0.717, 1.165) is 29.8 Å². The third kappa shape index (κ3) is 2.76. The van der Waals surface area contributed by atoms with Gasteiger partial charge in [0, 0.05) is 11.7 Å². The SMILES string of the molecule is COc1ccc(NC2CCCCC2C#N)cc1C. The molecule has 0 heterocycles. The number of hydrogen-bond acceptors (Lipinski definition) is 3. The molecule has 0 aliphatic heterocycles. The summed E-state index contributed by atoms with van der Waals surface area (Å²) in [5.41, 5.74) is 2.20. The van der Waals surface area contributed by atoms with Crippen molar-refractivity contribution in [2.75, 3.05) is 12.4 Å². The van der Waals surface area contributed by atoms with Crippen molar-refractivity contribution in [3.8, 4) is 11.8 Å². The molecule has 1 aromatic carbocycles. The molecule has 1 N–H and O–H groups in total. The van der Waals surface area contributed by atoms with Gasteiger partial charge in [-0.1, -0.05) is 12.8 Å². The lowest BCUT2D eigenvalue weighted by atomic mass is 9.85. The van der Waals surface area contributed by atoms with E-state index in [1.54, 1.807) is 7.11 Å². The Morgan fingerprint density at radius 1 is 1.33 bits per heavy atom. The van der Waals surface area contributed by atoms with Gasteiger partial charge in [-0.15, -0.1) is 0 Å². The Hall–Kier alpha value is -1.69. The molecule has 0 saturated heterocycles. The van der Waals surface area contributed by atoms with E-state index < -0.39 is 0 Å². The van der Waals surface area contributed by atoms with Crippen LogP contribution in [-0.4, -0.2) is 13.2 Å². The van der Waals surface area contributed by atoms with Crippen molar-refractivity contribution in [3.05, 3.63) is 23.8 Å². The molecule has 18 heavy (non-hydrogen) atoms. The van der Waals surface area contributed by atoms with Gasteiger partial charge in [0.1, 0.15) is 5.75 Å². The number of nitrogens with one attached hydrogen (secondary N) is 1. The highest BCUT2D eigenvalue weighted by Gasteiger charge is 2.24. The number of benzene rings is 1. The van der Waals surface area contributed by atoms with E-state index in [0.29, 0.717) is 0 Å². The average Bonchev–Trinajstić information content (AvgIpc) is 2.39. The van der Waals surface area contributed by atoms with Gasteiger partial charge in [-0.2, -0.15) is 5.26 Å². The predicted octanol–water partition coefficient (Wildman–Crippen LogP) is 3.50. The standard InChI is InChI=1S/C15H20N2O/c1-11-9-13(7-8-15(11)18-2)17-14-6-4-3-5-12(14)10-16/h7-9,12,14,17H,3-6H2,1-2H3. The first-order valence-electron chi connectivity index (χ1n) is 6.55. The van der Waals surface area contributed by atoms with E-state index in [1.807, 2.05) is 19.1 Å². The lowest BCUT2D eigenvalue weighted by Gasteiger charge is -2.28. The van der Waals surface area contributed by atoms with Crippen molar-refractivity contribution in [3.63, 3.8) is 0 Å². The Labute approximate surface area is 109 Å². The second-order valence-electron chi connectivity index (χ2n) is 4.96. The van der Waals surface area contributed by atoms with Crippen molar-refractivity contribution in [1.82, 2.24) is 0 Å². The lowest BCUT2D eigenvalue weighted by Crippen LogP contribution is -2.31. The number of ether oxygens (including phenoxy) is 1. The number of methoxy groups -OCH3 is 1. The molecule has 2 atom stereocenters. The van der Waals surface area contributed by atoms with Crippen LogP contribution in [0.3, 0.4) is 0 Å². The van der Waals surface area contributed by atoms with E-state index in [-0.39, 0.29) is 12.0 Å². The summed E-state index contributed by atoms with van der Waals surface area (Å²) in [4.78, 5) is 0. The van der Waals surface area contributed by atoms with Gasteiger partial charge in [0.15, 0.2) is 0 Å². The van der Waals surface area contributed by atoms with Crippen molar-refractivity contribution in [2.24, 2.45) is 5.92 Å². The van der Waals surface area contributed by atoms with Crippen LogP contribution in [0.15, 0.2) is 18.2 Å². The van der Waals surface area contributed by atoms with Crippen LogP contribution in [0.25, 0.3) is 0 Å². The predicted molar refractivity (Wildman–Crippen MR) is 72.7 cm³/mol. The smallest absolute Gasteiger partial charge is 0.121 e. The number of nitriles is 1. The highest BCUT2D eigenvalue weighted by atomic mass is 16.5. The minimum absolute atomic E-state index is 0.140. The Morgan fingerprint density at radius 2 is 2.11 bits per heavy atom. The van der Waals surface area contributed by atoms with Crippen LogP contribution in [0.1, 0.15) is 31.2 Å². The molecule has 1 aliphatic rings. The fourth-order valence-corrected chi connectivity index (χ4v) is 2.64. The lowest BCUT2D eigenvalue weighted by molar-refractivity contribution is 0.388. The number of anilines is 1. The number of hydrogen-bond donors (Lipinski definition) is 1. The molecule has 96 valence electrons. The van der Waals surface area contributed by atoms with Crippen LogP contribution in [-0.2, 0) is 0 Å². The van der Waals surface area contributed by atoms with Gasteiger partial charge in [-0.05, 0) is 43.5 Å². The van der Waals surface area contributed by atoms with Crippen LogP contribution < -0.4 is 10.1 Å². The summed E-state index contributed by atoms with van der Waals surface area (Å²) in [5.74, 6) is 1.04. The zero-order valence-electron chi connectivity index (χ0n) is 11.1. The maximum atomic E-state index is 9.17. The van der Waals surface area contributed by atoms with Crippen molar-refractivity contribution < 1.29 is 4.74 Å². The molecule has 0 spiro atoms. The van der Waals surface area contributed by atoms with Crippen LogP contribution in [0, 0.1) is 24.2 Å². The second kappa shape index (κ2) is 5.77. The van der Waals surface area contributed by atoms with Crippen LogP contribution in [0.5, 0.6) is 5.75 Å². The van der Waals surface area contributed by atoms with E-state index in [4.69, 9.17) is 10.00 Å². The summed E-state index contributed by atoms with van der Waals surface area (Å²) in [7, 11) is 1.68. The van der Waals surface area contributed by atoms with Crippen LogP contribution in [0.2, 0.25) is 0 Å². The molecule has 0 aromatic heterocycles. The highest BCUT2D eigenvalue weighted by molar-refractivity contribution is 5.51. The first-order valence-corrected chi connectivity index (χ1v) is 6.55. The zero-order valence-corrected chi connectivity index (χ0v) is 11.1. The normalized spacial score (nSPS) is 23.2. The number of aryl methyl sites for hydroxylation is 1.